The van der Waals surface area contributed by atoms with Crippen molar-refractivity contribution in [3.63, 3.8) is 0 Å². The van der Waals surface area contributed by atoms with Gasteiger partial charge in [-0.3, -0.25) is 0 Å². The van der Waals surface area contributed by atoms with Gasteiger partial charge in [0.15, 0.2) is 0 Å². The summed E-state index contributed by atoms with van der Waals surface area (Å²) in [7, 11) is 0. The lowest BCUT2D eigenvalue weighted by molar-refractivity contribution is 1.21. The van der Waals surface area contributed by atoms with Crippen LogP contribution in [0.15, 0.2) is 11.1 Å². The predicted octanol–water partition coefficient (Wildman–Crippen LogP) is 1.13. The van der Waals surface area contributed by atoms with Crippen molar-refractivity contribution in [1.82, 2.24) is 0 Å². The van der Waals surface area contributed by atoms with E-state index >= 15 is 0 Å². The molecule has 0 aliphatic rings. The molecule has 2 N–H and O–H groups in total. The van der Waals surface area contributed by atoms with Crippen molar-refractivity contribution in [3.05, 3.63) is 11.1 Å². The molecule has 0 unspecified atom stereocenters. The lowest BCUT2D eigenvalue weighted by Gasteiger charge is -1.80. The van der Waals surface area contributed by atoms with Crippen LogP contribution in [0.4, 0.5) is 0 Å². The van der Waals surface area contributed by atoms with Crippen LogP contribution in [0.5, 0.6) is 0 Å². The molecule has 0 heterocycles. The molecule has 0 aliphatic heterocycles. The summed E-state index contributed by atoms with van der Waals surface area (Å²) in [5.41, 5.74) is 5.13. The van der Waals surface area contributed by atoms with Gasteiger partial charge < -0.3 is 5.73 Å². The van der Waals surface area contributed by atoms with Crippen molar-refractivity contribution in [2.45, 2.75) is 13.3 Å². The predicted molar refractivity (Wildman–Crippen MR) is 31.5 cm³/mol. The van der Waals surface area contributed by atoms with E-state index in [1.807, 2.05) is 13.0 Å². The van der Waals surface area contributed by atoms with Gasteiger partial charge in [0.1, 0.15) is 0 Å². The summed E-state index contributed by atoms with van der Waals surface area (Å²) in [4.78, 5) is 0. The molecule has 0 aromatic heterocycles. The lowest BCUT2D eigenvalue weighted by atomic mass is 10.5. The van der Waals surface area contributed by atoms with E-state index in [-0.39, 0.29) is 0 Å². The Balaban J connectivity index is 3.14. The fourth-order valence-electron chi connectivity index (χ4n) is 0.209. The van der Waals surface area contributed by atoms with Gasteiger partial charge >= 0.3 is 0 Å². The minimum absolute atomic E-state index is 0.609. The molecule has 0 rings (SSSR count). The maximum atomic E-state index is 5.13. The van der Waals surface area contributed by atoms with Gasteiger partial charge in [0, 0.05) is 0 Å². The molecular weight excluding hydrogens is 94.1 g/mol. The van der Waals surface area contributed by atoms with Crippen LogP contribution in [0.25, 0.3) is 0 Å². The fourth-order valence-corrected chi connectivity index (χ4v) is 0.392. The van der Waals surface area contributed by atoms with E-state index in [0.717, 1.165) is 6.42 Å². The highest BCUT2D eigenvalue weighted by Gasteiger charge is 1.68. The summed E-state index contributed by atoms with van der Waals surface area (Å²) < 4.78 is 0. The summed E-state index contributed by atoms with van der Waals surface area (Å²) in [6, 6.07) is 0. The van der Waals surface area contributed by atoms with Crippen LogP contribution in [-0.2, 0) is 0 Å². The number of nitrogens with two attached hydrogens (primary N) is 1. The van der Waals surface area contributed by atoms with E-state index in [1.165, 1.54) is 0 Å². The number of rotatable bonds is 1. The van der Waals surface area contributed by atoms with Crippen molar-refractivity contribution in [2.75, 3.05) is 0 Å². The molecule has 0 fully saturated rings. The summed E-state index contributed by atoms with van der Waals surface area (Å²) in [6.45, 7) is 2.02. The molecule has 0 radical (unpaired) electrons. The molecule has 0 atom stereocenters. The highest BCUT2D eigenvalue weighted by molar-refractivity contribution is 7.84. The minimum Gasteiger partial charge on any atom is -0.394 e. The second kappa shape index (κ2) is 3.09. The SMILES string of the molecule is CCC=C(N)S. The Morgan fingerprint density at radius 3 is 2.50 bits per heavy atom. The third-order valence-electron chi connectivity index (χ3n) is 0.413. The first kappa shape index (κ1) is 5.89. The van der Waals surface area contributed by atoms with E-state index in [2.05, 4.69) is 12.6 Å². The lowest BCUT2D eigenvalue weighted by Crippen LogP contribution is -1.84. The average Bonchev–Trinajstić information content (AvgIpc) is 1.35. The molecule has 0 saturated heterocycles. The van der Waals surface area contributed by atoms with E-state index in [9.17, 15) is 0 Å². The van der Waals surface area contributed by atoms with Gasteiger partial charge in [-0.25, -0.2) is 0 Å². The molecule has 0 bridgehead atoms. The smallest absolute Gasteiger partial charge is 0.0583 e. The van der Waals surface area contributed by atoms with E-state index < -0.39 is 0 Å². The monoisotopic (exact) mass is 103 g/mol. The summed E-state index contributed by atoms with van der Waals surface area (Å²) >= 11 is 3.82. The van der Waals surface area contributed by atoms with Crippen molar-refractivity contribution in [2.24, 2.45) is 5.73 Å². The molecule has 1 nitrogen and oxygen atoms in total. The summed E-state index contributed by atoms with van der Waals surface area (Å²) in [5.74, 6) is 0. The van der Waals surface area contributed by atoms with Crippen molar-refractivity contribution in [1.29, 1.82) is 0 Å². The van der Waals surface area contributed by atoms with E-state index in [4.69, 9.17) is 5.73 Å². The highest BCUT2D eigenvalue weighted by Crippen LogP contribution is 1.89. The molecule has 0 aromatic carbocycles. The maximum Gasteiger partial charge on any atom is 0.0583 e. The third-order valence-corrected chi connectivity index (χ3v) is 0.596. The fraction of sp³-hybridized carbons (Fsp3) is 0.500. The van der Waals surface area contributed by atoms with Crippen LogP contribution in [-0.4, -0.2) is 0 Å². The van der Waals surface area contributed by atoms with Crippen molar-refractivity contribution >= 4 is 12.6 Å². The Kier molecular flexibility index (Phi) is 3.04. The minimum atomic E-state index is 0.609. The average molecular weight is 103 g/mol. The molecule has 0 spiro atoms. The first-order valence-electron chi connectivity index (χ1n) is 1.92. The van der Waals surface area contributed by atoms with Crippen LogP contribution in [0.3, 0.4) is 0 Å². The van der Waals surface area contributed by atoms with Gasteiger partial charge in [0.05, 0.1) is 5.03 Å². The highest BCUT2D eigenvalue weighted by atomic mass is 32.1. The third kappa shape index (κ3) is 3.89. The van der Waals surface area contributed by atoms with Crippen LogP contribution in [0.1, 0.15) is 13.3 Å². The second-order valence-corrected chi connectivity index (χ2v) is 1.55. The summed E-state index contributed by atoms with van der Waals surface area (Å²) in [6.07, 6.45) is 2.82. The molecule has 0 aliphatic carbocycles. The number of thiol groups is 1. The summed E-state index contributed by atoms with van der Waals surface area (Å²) in [5, 5.41) is 0.609. The first-order chi connectivity index (χ1) is 2.77. The van der Waals surface area contributed by atoms with E-state index in [1.54, 1.807) is 0 Å². The van der Waals surface area contributed by atoms with Crippen molar-refractivity contribution in [3.8, 4) is 0 Å². The molecular formula is C4H9NS. The topological polar surface area (TPSA) is 26.0 Å². The molecule has 36 valence electrons. The number of allylic oxidation sites excluding steroid dienone is 1. The van der Waals surface area contributed by atoms with Crippen LogP contribution in [0.2, 0.25) is 0 Å². The quantitative estimate of drug-likeness (QED) is 0.478. The number of hydrogen-bond donors (Lipinski definition) is 2. The Hall–Kier alpha value is -0.110. The molecule has 2 heteroatoms. The van der Waals surface area contributed by atoms with Crippen molar-refractivity contribution < 1.29 is 0 Å². The Morgan fingerprint density at radius 1 is 2.00 bits per heavy atom. The van der Waals surface area contributed by atoms with Gasteiger partial charge in [-0.2, -0.15) is 0 Å². The van der Waals surface area contributed by atoms with Gasteiger partial charge in [0.25, 0.3) is 0 Å². The van der Waals surface area contributed by atoms with Gasteiger partial charge in [-0.1, -0.05) is 13.0 Å². The first-order valence-corrected chi connectivity index (χ1v) is 2.36. The van der Waals surface area contributed by atoms with Gasteiger partial charge in [-0.15, -0.1) is 12.6 Å². The molecule has 0 aromatic rings. The Labute approximate surface area is 43.6 Å². The largest absolute Gasteiger partial charge is 0.394 e. The van der Waals surface area contributed by atoms with Crippen LogP contribution >= 0.6 is 12.6 Å². The Morgan fingerprint density at radius 2 is 2.50 bits per heavy atom. The molecule has 0 saturated carbocycles. The molecule has 0 amide bonds. The Bertz CT molecular complexity index is 54.6. The second-order valence-electron chi connectivity index (χ2n) is 1.04. The zero-order valence-electron chi connectivity index (χ0n) is 3.81. The van der Waals surface area contributed by atoms with Gasteiger partial charge in [0.2, 0.25) is 0 Å². The van der Waals surface area contributed by atoms with E-state index in [0.29, 0.717) is 5.03 Å². The zero-order chi connectivity index (χ0) is 4.99. The molecule has 6 heavy (non-hydrogen) atoms. The number of hydrogen-bond acceptors (Lipinski definition) is 2. The van der Waals surface area contributed by atoms with Crippen LogP contribution < -0.4 is 5.73 Å². The van der Waals surface area contributed by atoms with Crippen LogP contribution in [0, 0.1) is 0 Å². The standard InChI is InChI=1S/C4H9NS/c1-2-3-4(5)6/h3,6H,2,5H2,1H3. The normalized spacial score (nSPS) is 12.0. The van der Waals surface area contributed by atoms with Gasteiger partial charge in [-0.05, 0) is 6.42 Å². The maximum absolute atomic E-state index is 5.13. The zero-order valence-corrected chi connectivity index (χ0v) is 4.70.